The second kappa shape index (κ2) is 17.8. The normalized spacial score (nSPS) is 11.2. The van der Waals surface area contributed by atoms with Gasteiger partial charge in [0.25, 0.3) is 0 Å². The highest BCUT2D eigenvalue weighted by molar-refractivity contribution is 5.83. The summed E-state index contributed by atoms with van der Waals surface area (Å²) in [4.78, 5) is 15.0. The molecule has 10 rings (SSSR count). The summed E-state index contributed by atoms with van der Waals surface area (Å²) in [7, 11) is 0. The Morgan fingerprint density at radius 3 is 0.984 bits per heavy atom. The van der Waals surface area contributed by atoms with Crippen molar-refractivity contribution in [3.05, 3.63) is 258 Å². The van der Waals surface area contributed by atoms with Crippen molar-refractivity contribution in [3.63, 3.8) is 0 Å². The molecule has 0 aliphatic carbocycles. The molecular weight excluding hydrogens is 775 g/mol. The lowest BCUT2D eigenvalue weighted by Gasteiger charge is -2.28. The molecule has 64 heavy (non-hydrogen) atoms. The van der Waals surface area contributed by atoms with E-state index in [2.05, 4.69) is 185 Å². The van der Waals surface area contributed by atoms with Gasteiger partial charge in [-0.2, -0.15) is 0 Å². The topological polar surface area (TPSA) is 38.7 Å². The smallest absolute Gasteiger partial charge is 0.164 e. The Morgan fingerprint density at radius 2 is 0.562 bits per heavy atom. The van der Waals surface area contributed by atoms with E-state index in [4.69, 9.17) is 15.0 Å². The fraction of sp³-hybridized carbons (Fsp3) is 0.0656. The highest BCUT2D eigenvalue weighted by Gasteiger charge is 2.28. The molecule has 1 aromatic heterocycles. The van der Waals surface area contributed by atoms with Gasteiger partial charge in [-0.05, 0) is 105 Å². The maximum absolute atomic E-state index is 5.02. The van der Waals surface area contributed by atoms with Crippen molar-refractivity contribution in [1.82, 2.24) is 15.0 Å². The van der Waals surface area contributed by atoms with Crippen LogP contribution in [0.5, 0.6) is 0 Å². The number of aromatic nitrogens is 3. The zero-order chi connectivity index (χ0) is 43.4. The summed E-state index contributed by atoms with van der Waals surface area (Å²) in [6.07, 6.45) is 0. The zero-order valence-electron chi connectivity index (χ0n) is 36.3. The fourth-order valence-electron chi connectivity index (χ4n) is 9.09. The molecule has 0 bridgehead atoms. The Balaban J connectivity index is 1.17. The van der Waals surface area contributed by atoms with Crippen LogP contribution in [0.15, 0.2) is 224 Å². The molecule has 0 radical (unpaired) electrons. The van der Waals surface area contributed by atoms with Gasteiger partial charge in [0, 0.05) is 22.6 Å². The monoisotopic (exact) mass is 821 g/mol. The molecule has 1 heterocycles. The summed E-state index contributed by atoms with van der Waals surface area (Å²) < 4.78 is 0. The van der Waals surface area contributed by atoms with Gasteiger partial charge in [0.15, 0.2) is 17.5 Å². The molecule has 0 saturated heterocycles. The van der Waals surface area contributed by atoms with Crippen LogP contribution in [0.25, 0.3) is 78.7 Å². The van der Waals surface area contributed by atoms with Crippen LogP contribution in [-0.4, -0.2) is 15.0 Å². The first-order chi connectivity index (χ1) is 31.5. The second-order valence-corrected chi connectivity index (χ2v) is 16.5. The summed E-state index contributed by atoms with van der Waals surface area (Å²) in [6, 6.07) is 80.3. The van der Waals surface area contributed by atoms with Crippen molar-refractivity contribution < 1.29 is 0 Å². The molecule has 9 aromatic carbocycles. The van der Waals surface area contributed by atoms with Crippen molar-refractivity contribution in [1.29, 1.82) is 0 Å². The number of nitrogens with zero attached hydrogens (tertiary/aromatic N) is 3. The number of benzene rings is 9. The fourth-order valence-corrected chi connectivity index (χ4v) is 9.09. The van der Waals surface area contributed by atoms with E-state index in [9.17, 15) is 0 Å². The highest BCUT2D eigenvalue weighted by atomic mass is 15.0. The van der Waals surface area contributed by atoms with E-state index in [1.54, 1.807) is 0 Å². The van der Waals surface area contributed by atoms with Gasteiger partial charge in [0.05, 0.1) is 0 Å². The third kappa shape index (κ3) is 7.96. The van der Waals surface area contributed by atoms with E-state index < -0.39 is 0 Å². The molecule has 10 aromatic rings. The van der Waals surface area contributed by atoms with Gasteiger partial charge < -0.3 is 0 Å². The highest BCUT2D eigenvalue weighted by Crippen LogP contribution is 2.47. The van der Waals surface area contributed by atoms with Gasteiger partial charge in [-0.25, -0.2) is 15.0 Å². The molecule has 0 unspecified atom stereocenters. The Labute approximate surface area is 376 Å². The van der Waals surface area contributed by atoms with Crippen molar-refractivity contribution in [2.75, 3.05) is 0 Å². The minimum Gasteiger partial charge on any atom is -0.208 e. The molecule has 0 amide bonds. The van der Waals surface area contributed by atoms with Crippen molar-refractivity contribution >= 4 is 0 Å². The van der Waals surface area contributed by atoms with E-state index >= 15 is 0 Å². The van der Waals surface area contributed by atoms with Crippen LogP contribution in [0.1, 0.15) is 39.3 Å². The first-order valence-electron chi connectivity index (χ1n) is 22.0. The Bertz CT molecular complexity index is 3100. The maximum atomic E-state index is 5.02. The van der Waals surface area contributed by atoms with Crippen LogP contribution >= 0.6 is 0 Å². The second-order valence-electron chi connectivity index (χ2n) is 16.5. The predicted octanol–water partition coefficient (Wildman–Crippen LogP) is 15.6. The lowest BCUT2D eigenvalue weighted by molar-refractivity contribution is 0.983. The lowest BCUT2D eigenvalue weighted by Crippen LogP contribution is -2.10. The average Bonchev–Trinajstić information content (AvgIpc) is 3.35. The first kappa shape index (κ1) is 40.1. The van der Waals surface area contributed by atoms with Gasteiger partial charge in [0.1, 0.15) is 0 Å². The molecule has 0 spiro atoms. The van der Waals surface area contributed by atoms with Gasteiger partial charge in [0.2, 0.25) is 0 Å². The zero-order valence-corrected chi connectivity index (χ0v) is 36.3. The average molecular weight is 822 g/mol. The van der Waals surface area contributed by atoms with Crippen LogP contribution < -0.4 is 0 Å². The van der Waals surface area contributed by atoms with Gasteiger partial charge >= 0.3 is 0 Å². The van der Waals surface area contributed by atoms with Crippen LogP contribution in [0.4, 0.5) is 0 Å². The Kier molecular flexibility index (Phi) is 11.1. The summed E-state index contributed by atoms with van der Waals surface area (Å²) in [5.74, 6) is 1.80. The molecule has 0 atom stereocenters. The van der Waals surface area contributed by atoms with Gasteiger partial charge in [-0.3, -0.25) is 0 Å². The molecule has 0 aliphatic heterocycles. The molecule has 3 heteroatoms. The molecular formula is C61H47N3. The van der Waals surface area contributed by atoms with Crippen molar-refractivity contribution in [2.24, 2.45) is 0 Å². The molecule has 0 N–H and O–H groups in total. The van der Waals surface area contributed by atoms with E-state index in [-0.39, 0.29) is 5.92 Å². The standard InChI is InChI=1S/C61H47N3/c1-41-20-10-13-27-49(41)52-30-16-18-32-55(52)58(56-33-19-17-31-53(56)50-28-14-11-21-42(50)2)57-40-48(38-39-54(57)51-29-15-12-22-43(51)3)44-34-36-47(37-35-44)61-63-59(45-23-6-4-7-24-45)62-60(64-61)46-25-8-5-9-26-46/h4-40,58H,1-3H3. The Hall–Kier alpha value is -8.01. The number of hydrogen-bond acceptors (Lipinski definition) is 3. The molecule has 0 saturated carbocycles. The Morgan fingerprint density at radius 1 is 0.250 bits per heavy atom. The third-order valence-electron chi connectivity index (χ3n) is 12.4. The van der Waals surface area contributed by atoms with Gasteiger partial charge in [-0.1, -0.05) is 218 Å². The van der Waals surface area contributed by atoms with Crippen LogP contribution in [0.2, 0.25) is 0 Å². The van der Waals surface area contributed by atoms with Crippen molar-refractivity contribution in [3.8, 4) is 78.7 Å². The minimum absolute atomic E-state index is 0.126. The van der Waals surface area contributed by atoms with E-state index in [0.29, 0.717) is 17.5 Å². The lowest BCUT2D eigenvalue weighted by atomic mass is 9.75. The minimum atomic E-state index is -0.126. The van der Waals surface area contributed by atoms with Gasteiger partial charge in [-0.15, -0.1) is 0 Å². The van der Waals surface area contributed by atoms with E-state index in [0.717, 1.165) is 27.8 Å². The SMILES string of the molecule is Cc1ccccc1-c1ccccc1C(c1ccccc1-c1ccccc1C)c1cc(-c2ccc(-c3nc(-c4ccccc4)nc(-c4ccccc4)n3)cc2)ccc1-c1ccccc1C. The summed E-state index contributed by atoms with van der Waals surface area (Å²) in [6.45, 7) is 6.65. The van der Waals surface area contributed by atoms with Crippen LogP contribution in [0, 0.1) is 20.8 Å². The maximum Gasteiger partial charge on any atom is 0.164 e. The predicted molar refractivity (Wildman–Crippen MR) is 266 cm³/mol. The molecule has 0 fully saturated rings. The van der Waals surface area contributed by atoms with E-state index in [1.165, 1.54) is 66.8 Å². The third-order valence-corrected chi connectivity index (χ3v) is 12.4. The molecule has 306 valence electrons. The van der Waals surface area contributed by atoms with Crippen LogP contribution in [0.3, 0.4) is 0 Å². The quantitative estimate of drug-likeness (QED) is 0.129. The first-order valence-corrected chi connectivity index (χ1v) is 22.0. The summed E-state index contributed by atoms with van der Waals surface area (Å²) in [5, 5.41) is 0. The van der Waals surface area contributed by atoms with Crippen molar-refractivity contribution in [2.45, 2.75) is 26.7 Å². The largest absolute Gasteiger partial charge is 0.208 e. The van der Waals surface area contributed by atoms with E-state index in [1.807, 2.05) is 60.7 Å². The summed E-state index contributed by atoms with van der Waals surface area (Å²) in [5.41, 5.74) is 20.0. The number of rotatable bonds is 10. The number of hydrogen-bond donors (Lipinski definition) is 0. The number of aryl methyl sites for hydroxylation is 3. The summed E-state index contributed by atoms with van der Waals surface area (Å²) >= 11 is 0. The molecule has 0 aliphatic rings. The van der Waals surface area contributed by atoms with Crippen LogP contribution in [-0.2, 0) is 0 Å². The molecule has 3 nitrogen and oxygen atoms in total.